The Morgan fingerprint density at radius 1 is 1.27 bits per heavy atom. The number of nitrogens with one attached hydrogen (secondary N) is 2. The summed E-state index contributed by atoms with van der Waals surface area (Å²) in [4.78, 5) is 14.1. The van der Waals surface area contributed by atoms with Crippen LogP contribution in [0.3, 0.4) is 0 Å². The fourth-order valence-corrected chi connectivity index (χ4v) is 3.92. The minimum Gasteiger partial charge on any atom is -0.465 e. The molecular weight excluding hydrogens is 401 g/mol. The zero-order valence-electron chi connectivity index (χ0n) is 15.0. The Hall–Kier alpha value is -0.900. The van der Waals surface area contributed by atoms with Gasteiger partial charge in [-0.15, -0.1) is 24.8 Å². The number of piperazine rings is 1. The highest BCUT2D eigenvalue weighted by Gasteiger charge is 2.23. The molecule has 0 saturated carbocycles. The van der Waals surface area contributed by atoms with Crippen molar-refractivity contribution >= 4 is 40.8 Å². The zero-order chi connectivity index (χ0) is 17.6. The van der Waals surface area contributed by atoms with E-state index >= 15 is 0 Å². The van der Waals surface area contributed by atoms with Gasteiger partial charge in [-0.1, -0.05) is 11.6 Å². The fraction of sp³-hybridized carbons (Fsp3) is 0.562. The molecule has 1 saturated heterocycles. The van der Waals surface area contributed by atoms with Gasteiger partial charge in [0.25, 0.3) is 0 Å². The molecule has 1 aliphatic rings. The van der Waals surface area contributed by atoms with E-state index in [4.69, 9.17) is 0 Å². The van der Waals surface area contributed by atoms with Gasteiger partial charge in [-0.05, 0) is 32.0 Å². The highest BCUT2D eigenvalue weighted by molar-refractivity contribution is 7.89. The van der Waals surface area contributed by atoms with Crippen LogP contribution in [0.2, 0.25) is 0 Å². The maximum atomic E-state index is 12.5. The number of esters is 1. The molecule has 7 nitrogen and oxygen atoms in total. The molecule has 0 radical (unpaired) electrons. The molecule has 0 bridgehead atoms. The molecule has 150 valence electrons. The Morgan fingerprint density at radius 2 is 1.92 bits per heavy atom. The van der Waals surface area contributed by atoms with E-state index < -0.39 is 16.0 Å². The first-order chi connectivity index (χ1) is 11.4. The molecule has 1 fully saturated rings. The zero-order valence-corrected chi connectivity index (χ0v) is 17.4. The van der Waals surface area contributed by atoms with Crippen LogP contribution in [0.15, 0.2) is 23.1 Å². The topological polar surface area (TPSA) is 87.7 Å². The van der Waals surface area contributed by atoms with Crippen molar-refractivity contribution in [1.29, 1.82) is 0 Å². The van der Waals surface area contributed by atoms with E-state index in [1.165, 1.54) is 19.2 Å². The van der Waals surface area contributed by atoms with E-state index in [0.717, 1.165) is 44.7 Å². The van der Waals surface area contributed by atoms with Gasteiger partial charge in [-0.25, -0.2) is 17.9 Å². The summed E-state index contributed by atoms with van der Waals surface area (Å²) in [6.45, 7) is 6.88. The summed E-state index contributed by atoms with van der Waals surface area (Å²) < 4.78 is 32.3. The molecule has 0 aliphatic carbocycles. The van der Waals surface area contributed by atoms with Crippen molar-refractivity contribution < 1.29 is 17.9 Å². The van der Waals surface area contributed by atoms with Crippen LogP contribution >= 0.6 is 24.8 Å². The van der Waals surface area contributed by atoms with Crippen molar-refractivity contribution in [3.8, 4) is 0 Å². The average Bonchev–Trinajstić information content (AvgIpc) is 2.58. The number of aryl methyl sites for hydroxylation is 1. The van der Waals surface area contributed by atoms with E-state index in [2.05, 4.69) is 19.7 Å². The van der Waals surface area contributed by atoms with E-state index in [1.54, 1.807) is 13.0 Å². The molecule has 10 heteroatoms. The smallest absolute Gasteiger partial charge is 0.339 e. The van der Waals surface area contributed by atoms with Crippen LogP contribution in [0.5, 0.6) is 0 Å². The molecule has 1 aromatic rings. The molecule has 0 amide bonds. The van der Waals surface area contributed by atoms with Gasteiger partial charge in [-0.3, -0.25) is 0 Å². The number of rotatable bonds is 7. The predicted molar refractivity (Wildman–Crippen MR) is 106 cm³/mol. The third-order valence-corrected chi connectivity index (χ3v) is 5.50. The van der Waals surface area contributed by atoms with Crippen molar-refractivity contribution in [2.45, 2.75) is 18.2 Å². The second kappa shape index (κ2) is 11.7. The van der Waals surface area contributed by atoms with Gasteiger partial charge in [0.15, 0.2) is 0 Å². The van der Waals surface area contributed by atoms with E-state index in [0.29, 0.717) is 6.54 Å². The summed E-state index contributed by atoms with van der Waals surface area (Å²) in [5, 5.41) is 3.28. The van der Waals surface area contributed by atoms with Gasteiger partial charge in [0.05, 0.1) is 17.6 Å². The first kappa shape index (κ1) is 25.1. The number of hydrogen-bond donors (Lipinski definition) is 2. The quantitative estimate of drug-likeness (QED) is 0.501. The Kier molecular flexibility index (Phi) is 11.3. The Labute approximate surface area is 167 Å². The lowest BCUT2D eigenvalue weighted by Crippen LogP contribution is -2.44. The summed E-state index contributed by atoms with van der Waals surface area (Å²) in [5.74, 6) is -0.653. The molecule has 1 heterocycles. The Bertz CT molecular complexity index is 680. The lowest BCUT2D eigenvalue weighted by molar-refractivity contribution is 0.0596. The number of halogens is 2. The third-order valence-electron chi connectivity index (χ3n) is 3.98. The van der Waals surface area contributed by atoms with Crippen molar-refractivity contribution in [1.82, 2.24) is 14.9 Å². The molecule has 0 aromatic heterocycles. The summed E-state index contributed by atoms with van der Waals surface area (Å²) >= 11 is 0. The van der Waals surface area contributed by atoms with Crippen molar-refractivity contribution in [2.24, 2.45) is 0 Å². The van der Waals surface area contributed by atoms with Crippen LogP contribution in [-0.4, -0.2) is 65.7 Å². The second-order valence-corrected chi connectivity index (χ2v) is 7.57. The fourth-order valence-electron chi connectivity index (χ4n) is 2.67. The normalized spacial score (nSPS) is 14.8. The van der Waals surface area contributed by atoms with Crippen molar-refractivity contribution in [2.75, 3.05) is 46.4 Å². The maximum absolute atomic E-state index is 12.5. The van der Waals surface area contributed by atoms with Crippen LogP contribution in [0, 0.1) is 6.92 Å². The number of carbonyl (C=O) groups is 1. The van der Waals surface area contributed by atoms with Gasteiger partial charge >= 0.3 is 5.97 Å². The largest absolute Gasteiger partial charge is 0.465 e. The minimum atomic E-state index is -3.75. The number of ether oxygens (including phenoxy) is 1. The highest BCUT2D eigenvalue weighted by atomic mass is 35.5. The standard InChI is InChI=1S/C16H25N3O4S.2ClH/c1-13-4-5-15(14(12-13)16(20)23-2)24(21,22)18-6-3-9-19-10-7-17-8-11-19;;/h4-5,12,17-18H,3,6-11H2,1-2H3;2*1H. The lowest BCUT2D eigenvalue weighted by Gasteiger charge is -2.27. The van der Waals surface area contributed by atoms with Crippen LogP contribution < -0.4 is 10.0 Å². The number of methoxy groups -OCH3 is 1. The van der Waals surface area contributed by atoms with Crippen molar-refractivity contribution in [3.63, 3.8) is 0 Å². The molecule has 2 N–H and O–H groups in total. The van der Waals surface area contributed by atoms with Crippen molar-refractivity contribution in [3.05, 3.63) is 29.3 Å². The number of carbonyl (C=O) groups excluding carboxylic acids is 1. The van der Waals surface area contributed by atoms with Gasteiger partial charge in [0, 0.05) is 32.7 Å². The summed E-state index contributed by atoms with van der Waals surface area (Å²) in [6, 6.07) is 4.64. The lowest BCUT2D eigenvalue weighted by atomic mass is 10.1. The van der Waals surface area contributed by atoms with Crippen LogP contribution in [0.4, 0.5) is 0 Å². The molecule has 0 spiro atoms. The Balaban J connectivity index is 0.00000312. The second-order valence-electron chi connectivity index (χ2n) is 5.83. The molecule has 1 aliphatic heterocycles. The van der Waals surface area contributed by atoms with Gasteiger partial charge in [0.2, 0.25) is 10.0 Å². The summed E-state index contributed by atoms with van der Waals surface area (Å²) in [5.41, 5.74) is 0.861. The Morgan fingerprint density at radius 3 is 2.54 bits per heavy atom. The molecule has 26 heavy (non-hydrogen) atoms. The summed E-state index contributed by atoms with van der Waals surface area (Å²) in [6.07, 6.45) is 0.721. The number of nitrogens with zero attached hydrogens (tertiary/aromatic N) is 1. The third kappa shape index (κ3) is 7.02. The van der Waals surface area contributed by atoms with Crippen LogP contribution in [-0.2, 0) is 14.8 Å². The molecular formula is C16H27Cl2N3O4S. The van der Waals surface area contributed by atoms with E-state index in [-0.39, 0.29) is 35.3 Å². The molecule has 1 aromatic carbocycles. The molecule has 2 rings (SSSR count). The monoisotopic (exact) mass is 427 g/mol. The van der Waals surface area contributed by atoms with Gasteiger partial charge in [0.1, 0.15) is 0 Å². The maximum Gasteiger partial charge on any atom is 0.339 e. The highest BCUT2D eigenvalue weighted by Crippen LogP contribution is 2.18. The van der Waals surface area contributed by atoms with Gasteiger partial charge < -0.3 is 15.0 Å². The number of sulfonamides is 1. The SMILES string of the molecule is COC(=O)c1cc(C)ccc1S(=O)(=O)NCCCN1CCNCC1.Cl.Cl. The first-order valence-corrected chi connectivity index (χ1v) is 9.54. The summed E-state index contributed by atoms with van der Waals surface area (Å²) in [7, 11) is -2.51. The van der Waals surface area contributed by atoms with E-state index in [9.17, 15) is 13.2 Å². The van der Waals surface area contributed by atoms with Gasteiger partial charge in [-0.2, -0.15) is 0 Å². The average molecular weight is 428 g/mol. The molecule has 0 atom stereocenters. The number of benzene rings is 1. The first-order valence-electron chi connectivity index (χ1n) is 8.06. The van der Waals surface area contributed by atoms with E-state index in [1.807, 2.05) is 0 Å². The van der Waals surface area contributed by atoms with Crippen LogP contribution in [0.25, 0.3) is 0 Å². The van der Waals surface area contributed by atoms with Crippen LogP contribution in [0.1, 0.15) is 22.3 Å². The molecule has 0 unspecified atom stereocenters. The number of hydrogen-bond acceptors (Lipinski definition) is 6. The predicted octanol–water partition coefficient (Wildman–Crippen LogP) is 1.20. The minimum absolute atomic E-state index is 0.